The number of halogens is 1. The maximum Gasteiger partial charge on any atom is 0.225 e. The van der Waals surface area contributed by atoms with Crippen LogP contribution in [0, 0.1) is 5.95 Å². The molecular weight excluding hydrogens is 419 g/mol. The van der Waals surface area contributed by atoms with Crippen molar-refractivity contribution in [1.82, 2.24) is 9.97 Å². The molecular formula is C26H23FN4O2. The lowest BCUT2D eigenvalue weighted by Crippen LogP contribution is -2.42. The number of aliphatic imine (C=N–C) groups is 1. The molecule has 1 spiro atoms. The fourth-order valence-corrected chi connectivity index (χ4v) is 4.96. The van der Waals surface area contributed by atoms with Crippen molar-refractivity contribution in [3.05, 3.63) is 77.5 Å². The van der Waals surface area contributed by atoms with Gasteiger partial charge in [-0.15, -0.1) is 0 Å². The monoisotopic (exact) mass is 442 g/mol. The minimum atomic E-state index is -0.918. The second-order valence-electron chi connectivity index (χ2n) is 8.66. The number of fused-ring (bicyclic) bond motifs is 4. The molecule has 6 nitrogen and oxygen atoms in total. The molecule has 4 heterocycles. The Bertz CT molecular complexity index is 1320. The van der Waals surface area contributed by atoms with Crippen LogP contribution in [0.25, 0.3) is 16.7 Å². The molecule has 0 radical (unpaired) electrons. The van der Waals surface area contributed by atoms with Crippen LogP contribution in [-0.2, 0) is 10.3 Å². The van der Waals surface area contributed by atoms with Crippen LogP contribution in [0.2, 0.25) is 0 Å². The van der Waals surface area contributed by atoms with Crippen LogP contribution >= 0.6 is 0 Å². The summed E-state index contributed by atoms with van der Waals surface area (Å²) in [7, 11) is 0. The summed E-state index contributed by atoms with van der Waals surface area (Å²) in [5, 5.41) is 0. The number of allylic oxidation sites excluding steroid dienone is 2. The molecule has 33 heavy (non-hydrogen) atoms. The molecule has 2 aliphatic heterocycles. The van der Waals surface area contributed by atoms with E-state index in [0.29, 0.717) is 35.2 Å². The number of rotatable bonds is 2. The summed E-state index contributed by atoms with van der Waals surface area (Å²) in [4.78, 5) is 13.4. The van der Waals surface area contributed by atoms with Crippen LogP contribution in [0.5, 0.6) is 11.6 Å². The van der Waals surface area contributed by atoms with Gasteiger partial charge in [-0.1, -0.05) is 12.1 Å². The van der Waals surface area contributed by atoms with Gasteiger partial charge in [0.25, 0.3) is 0 Å². The molecule has 2 aromatic heterocycles. The lowest BCUT2D eigenvalue weighted by molar-refractivity contribution is 0.109. The van der Waals surface area contributed by atoms with Gasteiger partial charge in [-0.05, 0) is 72.7 Å². The van der Waals surface area contributed by atoms with E-state index < -0.39 is 11.5 Å². The maximum absolute atomic E-state index is 14.5. The van der Waals surface area contributed by atoms with E-state index in [9.17, 15) is 4.39 Å². The van der Waals surface area contributed by atoms with Crippen molar-refractivity contribution in [3.63, 3.8) is 0 Å². The summed E-state index contributed by atoms with van der Waals surface area (Å²) in [5.41, 5.74) is 10.3. The van der Waals surface area contributed by atoms with Crippen molar-refractivity contribution in [2.45, 2.75) is 31.2 Å². The Morgan fingerprint density at radius 3 is 2.76 bits per heavy atom. The quantitative estimate of drug-likeness (QED) is 0.566. The molecule has 7 heteroatoms. The highest BCUT2D eigenvalue weighted by atomic mass is 19.1. The van der Waals surface area contributed by atoms with Gasteiger partial charge in [0.15, 0.2) is 0 Å². The zero-order valence-electron chi connectivity index (χ0n) is 18.1. The molecule has 1 aromatic carbocycles. The Balaban J connectivity index is 1.56. The first kappa shape index (κ1) is 20.1. The Morgan fingerprint density at radius 2 is 1.94 bits per heavy atom. The molecule has 0 unspecified atom stereocenters. The first-order valence-corrected chi connectivity index (χ1v) is 11.2. The highest BCUT2D eigenvalue weighted by Gasteiger charge is 2.46. The predicted octanol–water partition coefficient (Wildman–Crippen LogP) is 4.98. The van der Waals surface area contributed by atoms with E-state index in [1.807, 2.05) is 24.4 Å². The molecule has 2 N–H and O–H groups in total. The smallest absolute Gasteiger partial charge is 0.225 e. The van der Waals surface area contributed by atoms with Gasteiger partial charge in [0.1, 0.15) is 23.7 Å². The van der Waals surface area contributed by atoms with E-state index in [2.05, 4.69) is 22.1 Å². The van der Waals surface area contributed by atoms with Crippen LogP contribution in [0.15, 0.2) is 59.9 Å². The molecule has 166 valence electrons. The Labute approximate surface area is 191 Å². The van der Waals surface area contributed by atoms with E-state index in [1.165, 1.54) is 24.6 Å². The summed E-state index contributed by atoms with van der Waals surface area (Å²) >= 11 is 0. The highest BCUT2D eigenvalue weighted by Crippen LogP contribution is 2.51. The number of hydrogen-bond donors (Lipinski definition) is 1. The van der Waals surface area contributed by atoms with Gasteiger partial charge in [-0.2, -0.15) is 4.39 Å². The van der Waals surface area contributed by atoms with Crippen molar-refractivity contribution < 1.29 is 13.9 Å². The first-order chi connectivity index (χ1) is 16.1. The molecule has 3 aromatic rings. The van der Waals surface area contributed by atoms with E-state index in [-0.39, 0.29) is 6.61 Å². The fraction of sp³-hybridized carbons (Fsp3) is 0.269. The largest absolute Gasteiger partial charge is 0.438 e. The average Bonchev–Trinajstić information content (AvgIpc) is 2.85. The number of hydrogen-bond acceptors (Lipinski definition) is 6. The van der Waals surface area contributed by atoms with Gasteiger partial charge in [0.2, 0.25) is 11.8 Å². The van der Waals surface area contributed by atoms with Gasteiger partial charge >= 0.3 is 0 Å². The van der Waals surface area contributed by atoms with Gasteiger partial charge < -0.3 is 15.2 Å². The number of nitrogens with two attached hydrogens (primary N) is 1. The second kappa shape index (κ2) is 7.78. The average molecular weight is 442 g/mol. The molecule has 0 saturated heterocycles. The molecule has 1 atom stereocenters. The van der Waals surface area contributed by atoms with Crippen LogP contribution in [0.1, 0.15) is 42.4 Å². The summed E-state index contributed by atoms with van der Waals surface area (Å²) in [6.07, 6.45) is 10.1. The number of benzene rings is 1. The zero-order valence-corrected chi connectivity index (χ0v) is 18.1. The minimum Gasteiger partial charge on any atom is -0.438 e. The van der Waals surface area contributed by atoms with Gasteiger partial charge in [0, 0.05) is 29.1 Å². The summed E-state index contributed by atoms with van der Waals surface area (Å²) in [6, 6.07) is 11.1. The van der Waals surface area contributed by atoms with Crippen LogP contribution in [0.4, 0.5) is 4.39 Å². The van der Waals surface area contributed by atoms with E-state index in [1.54, 1.807) is 12.1 Å². The Kier molecular flexibility index (Phi) is 4.73. The number of ether oxygens (including phenoxy) is 2. The molecule has 3 aliphatic rings. The van der Waals surface area contributed by atoms with Crippen LogP contribution in [0.3, 0.4) is 0 Å². The van der Waals surface area contributed by atoms with Crippen LogP contribution in [-0.4, -0.2) is 29.0 Å². The lowest BCUT2D eigenvalue weighted by Gasteiger charge is -2.39. The zero-order chi connectivity index (χ0) is 22.4. The molecule has 0 bridgehead atoms. The number of nitrogens with zero attached hydrogens (tertiary/aromatic N) is 3. The first-order valence-electron chi connectivity index (χ1n) is 11.2. The fourth-order valence-electron chi connectivity index (χ4n) is 4.96. The van der Waals surface area contributed by atoms with Crippen molar-refractivity contribution in [1.29, 1.82) is 0 Å². The van der Waals surface area contributed by atoms with E-state index in [4.69, 9.17) is 20.2 Å². The Hall–Kier alpha value is -3.58. The van der Waals surface area contributed by atoms with E-state index >= 15 is 0 Å². The molecule has 6 rings (SSSR count). The number of pyridine rings is 2. The standard InChI is InChI=1S/C26H23FN4O2/c27-24-19(7-4-10-29-24)17-8-9-22-20(11-17)26(15-32-14-23(28)31-26)21-12-18(13-30-25(21)33-22)16-5-2-1-3-6-16/h4-5,7-13H,1-3,6,14-15H2,(H2,28,31)/t26-/m0/s1. The van der Waals surface area contributed by atoms with E-state index in [0.717, 1.165) is 29.5 Å². The predicted molar refractivity (Wildman–Crippen MR) is 124 cm³/mol. The third-order valence-corrected chi connectivity index (χ3v) is 6.56. The topological polar surface area (TPSA) is 82.6 Å². The number of amidine groups is 1. The Morgan fingerprint density at radius 1 is 1.03 bits per heavy atom. The highest BCUT2D eigenvalue weighted by molar-refractivity contribution is 5.84. The van der Waals surface area contributed by atoms with Crippen LogP contribution < -0.4 is 10.5 Å². The normalized spacial score (nSPS) is 21.5. The summed E-state index contributed by atoms with van der Waals surface area (Å²) < 4.78 is 26.6. The van der Waals surface area contributed by atoms with Crippen molar-refractivity contribution in [2.24, 2.45) is 10.7 Å². The van der Waals surface area contributed by atoms with Crippen molar-refractivity contribution in [2.75, 3.05) is 13.2 Å². The second-order valence-corrected chi connectivity index (χ2v) is 8.66. The van der Waals surface area contributed by atoms with Gasteiger partial charge in [-0.25, -0.2) is 9.97 Å². The summed E-state index contributed by atoms with van der Waals surface area (Å²) in [6.45, 7) is 0.558. The lowest BCUT2D eigenvalue weighted by atomic mass is 9.79. The number of aromatic nitrogens is 2. The van der Waals surface area contributed by atoms with Gasteiger partial charge in [0.05, 0.1) is 6.61 Å². The van der Waals surface area contributed by atoms with Crippen molar-refractivity contribution >= 4 is 11.4 Å². The minimum absolute atomic E-state index is 0.266. The molecule has 0 amide bonds. The third kappa shape index (κ3) is 3.31. The maximum atomic E-state index is 14.5. The van der Waals surface area contributed by atoms with Crippen molar-refractivity contribution in [3.8, 4) is 22.8 Å². The van der Waals surface area contributed by atoms with Gasteiger partial charge in [-0.3, -0.25) is 4.99 Å². The SMILES string of the molecule is NC1=N[C@@]2(COC1)c1cc(-c3cccnc3F)ccc1Oc1ncc(C3=CCCCC3)cc12. The molecule has 1 aliphatic carbocycles. The molecule has 0 fully saturated rings. The third-order valence-electron chi connectivity index (χ3n) is 6.56. The summed E-state index contributed by atoms with van der Waals surface area (Å²) in [5.74, 6) is 0.972. The molecule has 0 saturated carbocycles.